The maximum absolute atomic E-state index is 11.0. The molecule has 0 aliphatic heterocycles. The fourth-order valence-electron chi connectivity index (χ4n) is 1.64. The molecule has 100 valence electrons. The highest BCUT2D eigenvalue weighted by molar-refractivity contribution is 14.1. The van der Waals surface area contributed by atoms with Gasteiger partial charge in [0.05, 0.1) is 15.5 Å². The van der Waals surface area contributed by atoms with Crippen LogP contribution in [0.2, 0.25) is 0 Å². The van der Waals surface area contributed by atoms with Crippen LogP contribution in [0.5, 0.6) is 11.6 Å². The van der Waals surface area contributed by atoms with Crippen molar-refractivity contribution < 1.29 is 14.6 Å². The van der Waals surface area contributed by atoms with Gasteiger partial charge in [0.2, 0.25) is 5.88 Å². The molecule has 2 aromatic heterocycles. The topological polar surface area (TPSA) is 101 Å². The molecule has 0 bridgehead atoms. The van der Waals surface area contributed by atoms with Crippen molar-refractivity contribution >= 4 is 39.7 Å². The number of carbonyl (C=O) groups is 1. The van der Waals surface area contributed by atoms with E-state index in [4.69, 9.17) is 9.84 Å². The van der Waals surface area contributed by atoms with Gasteiger partial charge in [0.1, 0.15) is 17.6 Å². The average molecular weight is 382 g/mol. The zero-order valence-corrected chi connectivity index (χ0v) is 12.0. The molecule has 0 fully saturated rings. The Morgan fingerprint density at radius 3 is 2.95 bits per heavy atom. The fourth-order valence-corrected chi connectivity index (χ4v) is 2.08. The minimum atomic E-state index is -1.01. The number of carboxylic acids is 1. The summed E-state index contributed by atoms with van der Waals surface area (Å²) in [5.74, 6) is -0.298. The highest BCUT2D eigenvalue weighted by Gasteiger charge is 2.12. The molecule has 0 amide bonds. The number of aromatic amines is 1. The van der Waals surface area contributed by atoms with Gasteiger partial charge >= 0.3 is 5.97 Å². The van der Waals surface area contributed by atoms with Gasteiger partial charge in [-0.2, -0.15) is 4.98 Å². The van der Waals surface area contributed by atoms with Gasteiger partial charge in [0, 0.05) is 0 Å². The normalized spacial score (nSPS) is 10.7. The second-order valence-corrected chi connectivity index (χ2v) is 4.99. The van der Waals surface area contributed by atoms with Gasteiger partial charge in [-0.15, -0.1) is 0 Å². The Labute approximate surface area is 126 Å². The van der Waals surface area contributed by atoms with Crippen molar-refractivity contribution in [3.8, 4) is 11.6 Å². The van der Waals surface area contributed by atoms with Crippen LogP contribution >= 0.6 is 22.6 Å². The van der Waals surface area contributed by atoms with Crippen molar-refractivity contribution in [2.75, 3.05) is 0 Å². The molecule has 0 radical (unpaired) electrons. The second kappa shape index (κ2) is 5.04. The lowest BCUT2D eigenvalue weighted by Gasteiger charge is -2.08. The van der Waals surface area contributed by atoms with Gasteiger partial charge in [-0.05, 0) is 40.8 Å². The Kier molecular flexibility index (Phi) is 3.22. The van der Waals surface area contributed by atoms with Crippen LogP contribution in [0.4, 0.5) is 0 Å². The number of imidazole rings is 1. The molecule has 0 spiro atoms. The van der Waals surface area contributed by atoms with Crippen LogP contribution in [-0.2, 0) is 0 Å². The maximum Gasteiger partial charge on any atom is 0.335 e. The Morgan fingerprint density at radius 2 is 2.15 bits per heavy atom. The first-order chi connectivity index (χ1) is 9.65. The lowest BCUT2D eigenvalue weighted by molar-refractivity contribution is 0.0696. The van der Waals surface area contributed by atoms with Crippen LogP contribution < -0.4 is 4.74 Å². The van der Waals surface area contributed by atoms with Crippen LogP contribution in [0.3, 0.4) is 0 Å². The number of ether oxygens (including phenoxy) is 1. The molecule has 0 atom stereocenters. The van der Waals surface area contributed by atoms with E-state index in [1.807, 2.05) is 0 Å². The van der Waals surface area contributed by atoms with E-state index < -0.39 is 5.97 Å². The van der Waals surface area contributed by atoms with Crippen LogP contribution in [0.15, 0.2) is 30.9 Å². The van der Waals surface area contributed by atoms with E-state index >= 15 is 0 Å². The first-order valence-electron chi connectivity index (χ1n) is 5.50. The average Bonchev–Trinajstić information content (AvgIpc) is 2.90. The second-order valence-electron chi connectivity index (χ2n) is 3.83. The highest BCUT2D eigenvalue weighted by atomic mass is 127. The number of rotatable bonds is 3. The number of halogens is 1. The third-order valence-electron chi connectivity index (χ3n) is 2.57. The van der Waals surface area contributed by atoms with Crippen molar-refractivity contribution in [1.29, 1.82) is 0 Å². The smallest absolute Gasteiger partial charge is 0.335 e. The first kappa shape index (κ1) is 12.8. The lowest BCUT2D eigenvalue weighted by Crippen LogP contribution is -1.98. The molecule has 2 N–H and O–H groups in total. The Hall–Kier alpha value is -2.23. The Balaban J connectivity index is 2.04. The van der Waals surface area contributed by atoms with Crippen LogP contribution in [0.25, 0.3) is 11.2 Å². The van der Waals surface area contributed by atoms with E-state index in [9.17, 15) is 4.79 Å². The number of nitrogens with zero attached hydrogens (tertiary/aromatic N) is 3. The summed E-state index contributed by atoms with van der Waals surface area (Å²) in [6.07, 6.45) is 2.83. The van der Waals surface area contributed by atoms with Crippen LogP contribution in [0.1, 0.15) is 10.4 Å². The van der Waals surface area contributed by atoms with Crippen LogP contribution in [0, 0.1) is 3.57 Å². The van der Waals surface area contributed by atoms with Gasteiger partial charge in [-0.3, -0.25) is 0 Å². The molecule has 3 aromatic rings. The molecule has 0 unspecified atom stereocenters. The van der Waals surface area contributed by atoms with Crippen molar-refractivity contribution in [3.63, 3.8) is 0 Å². The summed E-state index contributed by atoms with van der Waals surface area (Å²) in [4.78, 5) is 25.9. The van der Waals surface area contributed by atoms with Crippen molar-refractivity contribution in [2.45, 2.75) is 0 Å². The Morgan fingerprint density at radius 1 is 1.30 bits per heavy atom. The lowest BCUT2D eigenvalue weighted by atomic mass is 10.2. The predicted molar refractivity (Wildman–Crippen MR) is 77.9 cm³/mol. The third kappa shape index (κ3) is 2.29. The molecule has 0 saturated carbocycles. The number of aromatic carboxylic acids is 1. The molecular formula is C12H7IN4O3. The van der Waals surface area contributed by atoms with E-state index in [0.29, 0.717) is 22.8 Å². The quantitative estimate of drug-likeness (QED) is 0.675. The summed E-state index contributed by atoms with van der Waals surface area (Å²) < 4.78 is 6.46. The zero-order chi connectivity index (χ0) is 14.1. The van der Waals surface area contributed by atoms with Crippen molar-refractivity contribution in [2.24, 2.45) is 0 Å². The summed E-state index contributed by atoms with van der Waals surface area (Å²) in [5, 5.41) is 9.01. The molecule has 7 nitrogen and oxygen atoms in total. The third-order valence-corrected chi connectivity index (χ3v) is 3.46. The molecule has 2 heterocycles. The molecule has 1 aromatic carbocycles. The number of benzene rings is 1. The summed E-state index contributed by atoms with van der Waals surface area (Å²) >= 11 is 2.06. The number of hydrogen-bond acceptors (Lipinski definition) is 5. The van der Waals surface area contributed by atoms with Gasteiger partial charge in [0.25, 0.3) is 0 Å². The largest absolute Gasteiger partial charge is 0.478 e. The molecular weight excluding hydrogens is 375 g/mol. The van der Waals surface area contributed by atoms with Crippen LogP contribution in [-0.4, -0.2) is 31.0 Å². The van der Waals surface area contributed by atoms with E-state index in [2.05, 4.69) is 42.5 Å². The first-order valence-corrected chi connectivity index (χ1v) is 6.58. The van der Waals surface area contributed by atoms with Gasteiger partial charge in [0.15, 0.2) is 5.65 Å². The van der Waals surface area contributed by atoms with E-state index in [1.54, 1.807) is 6.07 Å². The number of nitrogens with one attached hydrogen (secondary N) is 1. The summed E-state index contributed by atoms with van der Waals surface area (Å²) in [6, 6.07) is 4.64. The van der Waals surface area contributed by atoms with Crippen molar-refractivity contribution in [1.82, 2.24) is 19.9 Å². The summed E-state index contributed by atoms with van der Waals surface area (Å²) in [6.45, 7) is 0. The predicted octanol–water partition coefficient (Wildman–Crippen LogP) is 2.45. The van der Waals surface area contributed by atoms with Gasteiger partial charge in [-0.1, -0.05) is 0 Å². The van der Waals surface area contributed by atoms with Crippen molar-refractivity contribution in [3.05, 3.63) is 40.0 Å². The summed E-state index contributed by atoms with van der Waals surface area (Å²) in [5.41, 5.74) is 1.19. The molecule has 3 rings (SSSR count). The fraction of sp³-hybridized carbons (Fsp3) is 0. The zero-order valence-electron chi connectivity index (χ0n) is 9.87. The number of carboxylic acid groups (broad SMARTS) is 1. The SMILES string of the molecule is O=C(O)c1ccc(I)c(Oc2ncnc3nc[nH]c23)c1. The monoisotopic (exact) mass is 382 g/mol. The van der Waals surface area contributed by atoms with Gasteiger partial charge < -0.3 is 14.8 Å². The van der Waals surface area contributed by atoms with E-state index in [-0.39, 0.29) is 5.56 Å². The number of H-pyrrole nitrogens is 1. The Bertz CT molecular complexity index is 802. The molecule has 20 heavy (non-hydrogen) atoms. The number of aromatic nitrogens is 4. The molecule has 8 heteroatoms. The molecule has 0 saturated heterocycles. The van der Waals surface area contributed by atoms with E-state index in [0.717, 1.165) is 3.57 Å². The number of fused-ring (bicyclic) bond motifs is 1. The maximum atomic E-state index is 11.0. The minimum absolute atomic E-state index is 0.148. The molecule has 0 aliphatic rings. The number of hydrogen-bond donors (Lipinski definition) is 2. The van der Waals surface area contributed by atoms with Gasteiger partial charge in [-0.25, -0.2) is 14.8 Å². The molecule has 0 aliphatic carbocycles. The van der Waals surface area contributed by atoms with E-state index in [1.165, 1.54) is 24.8 Å². The highest BCUT2D eigenvalue weighted by Crippen LogP contribution is 2.29. The standard InChI is InChI=1S/C12H7IN4O3/c13-7-2-1-6(12(18)19)3-8(7)20-11-9-10(15-4-14-9)16-5-17-11/h1-5H,(H,18,19)(H,14,15,16,17). The minimum Gasteiger partial charge on any atom is -0.478 e. The summed E-state index contributed by atoms with van der Waals surface area (Å²) in [7, 11) is 0.